The zero-order valence-electron chi connectivity index (χ0n) is 18.4. The highest BCUT2D eigenvalue weighted by molar-refractivity contribution is 5.73. The van der Waals surface area contributed by atoms with Gasteiger partial charge in [-0.3, -0.25) is 4.90 Å². The Hall–Kier alpha value is -2.77. The van der Waals surface area contributed by atoms with E-state index in [1.807, 2.05) is 42.5 Å². The first kappa shape index (κ1) is 21.1. The summed E-state index contributed by atoms with van der Waals surface area (Å²) >= 11 is 0. The second-order valence-electron chi connectivity index (χ2n) is 8.72. The second-order valence-corrected chi connectivity index (χ2v) is 8.72. The molecule has 2 bridgehead atoms. The predicted octanol–water partition coefficient (Wildman–Crippen LogP) is 3.98. The van der Waals surface area contributed by atoms with Gasteiger partial charge in [0, 0.05) is 31.2 Å². The maximum atomic E-state index is 12.7. The molecule has 3 fully saturated rings. The summed E-state index contributed by atoms with van der Waals surface area (Å²) in [6, 6.07) is 13.8. The minimum absolute atomic E-state index is 0.00258. The van der Waals surface area contributed by atoms with E-state index in [2.05, 4.69) is 10.2 Å². The zero-order valence-corrected chi connectivity index (χ0v) is 18.4. The van der Waals surface area contributed by atoms with Crippen molar-refractivity contribution < 1.29 is 23.7 Å². The van der Waals surface area contributed by atoms with Crippen LogP contribution in [0.5, 0.6) is 11.5 Å². The van der Waals surface area contributed by atoms with Gasteiger partial charge in [-0.2, -0.15) is 0 Å². The normalized spacial score (nSPS) is 26.0. The van der Waals surface area contributed by atoms with Gasteiger partial charge in [0.05, 0.1) is 12.6 Å². The average molecular weight is 439 g/mol. The molecule has 0 aromatic heterocycles. The fourth-order valence-corrected chi connectivity index (χ4v) is 5.02. The molecule has 4 aliphatic rings. The Bertz CT molecular complexity index is 957. The highest BCUT2D eigenvalue weighted by Crippen LogP contribution is 2.38. The molecule has 1 N–H and O–H groups in total. The number of carbonyl (C=O) groups is 1. The third kappa shape index (κ3) is 4.40. The Morgan fingerprint density at radius 1 is 1.16 bits per heavy atom. The number of hydrogen-bond acceptors (Lipinski definition) is 6. The van der Waals surface area contributed by atoms with Crippen molar-refractivity contribution in [3.05, 3.63) is 48.0 Å². The molecule has 32 heavy (non-hydrogen) atoms. The summed E-state index contributed by atoms with van der Waals surface area (Å²) in [6.45, 7) is 3.84. The second kappa shape index (κ2) is 9.38. The molecule has 4 aliphatic heterocycles. The van der Waals surface area contributed by atoms with Crippen LogP contribution >= 0.6 is 0 Å². The van der Waals surface area contributed by atoms with E-state index in [-0.39, 0.29) is 25.0 Å². The summed E-state index contributed by atoms with van der Waals surface area (Å²) in [7, 11) is 1.60. The Balaban J connectivity index is 1.29. The molecule has 0 aliphatic carbocycles. The summed E-state index contributed by atoms with van der Waals surface area (Å²) in [5, 5.41) is 3.08. The molecule has 170 valence electrons. The maximum Gasteiger partial charge on any atom is 0.407 e. The zero-order chi connectivity index (χ0) is 21.9. The lowest BCUT2D eigenvalue weighted by Crippen LogP contribution is -2.52. The van der Waals surface area contributed by atoms with Crippen LogP contribution in [0.15, 0.2) is 42.5 Å². The van der Waals surface area contributed by atoms with Crippen molar-refractivity contribution in [2.45, 2.75) is 31.4 Å². The van der Waals surface area contributed by atoms with Crippen molar-refractivity contribution in [3.8, 4) is 22.6 Å². The first-order valence-electron chi connectivity index (χ1n) is 11.4. The number of benzene rings is 2. The van der Waals surface area contributed by atoms with Gasteiger partial charge >= 0.3 is 6.09 Å². The molecule has 7 heteroatoms. The number of rotatable bonds is 6. The van der Waals surface area contributed by atoms with Crippen LogP contribution in [-0.4, -0.2) is 57.2 Å². The van der Waals surface area contributed by atoms with Crippen LogP contribution in [0, 0.1) is 5.92 Å². The summed E-state index contributed by atoms with van der Waals surface area (Å²) in [6.07, 6.45) is 2.63. The number of para-hydroxylation sites is 1. The van der Waals surface area contributed by atoms with Gasteiger partial charge in [0.1, 0.15) is 17.6 Å². The third-order valence-corrected chi connectivity index (χ3v) is 6.73. The lowest BCUT2D eigenvalue weighted by Gasteiger charge is -2.44. The average Bonchev–Trinajstić information content (AvgIpc) is 2.83. The van der Waals surface area contributed by atoms with Gasteiger partial charge in [-0.15, -0.1) is 0 Å². The van der Waals surface area contributed by atoms with Crippen LogP contribution in [0.25, 0.3) is 11.1 Å². The van der Waals surface area contributed by atoms with Gasteiger partial charge in [0.2, 0.25) is 0 Å². The molecular formula is C25H30N2O5. The molecule has 0 spiro atoms. The highest BCUT2D eigenvalue weighted by Gasteiger charge is 2.37. The molecule has 0 radical (unpaired) electrons. The van der Waals surface area contributed by atoms with E-state index in [4.69, 9.17) is 18.9 Å². The molecule has 7 nitrogen and oxygen atoms in total. The van der Waals surface area contributed by atoms with Crippen molar-refractivity contribution in [2.75, 3.05) is 40.1 Å². The number of amides is 1. The third-order valence-electron chi connectivity index (χ3n) is 6.73. The summed E-state index contributed by atoms with van der Waals surface area (Å²) in [4.78, 5) is 15.1. The number of nitrogens with zero attached hydrogens (tertiary/aromatic N) is 1. The molecular weight excluding hydrogens is 408 g/mol. The maximum absolute atomic E-state index is 12.7. The number of alkyl carbamates (subject to hydrolysis) is 1. The van der Waals surface area contributed by atoms with Crippen LogP contribution in [-0.2, 0) is 9.47 Å². The molecule has 0 saturated carbocycles. The van der Waals surface area contributed by atoms with Crippen LogP contribution in [0.1, 0.15) is 30.9 Å². The largest absolute Gasteiger partial charge is 0.493 e. The molecule has 1 unspecified atom stereocenters. The summed E-state index contributed by atoms with van der Waals surface area (Å²) in [5.74, 6) is 2.03. The number of carbonyl (C=O) groups excluding carboxylic acids is 1. The molecule has 6 rings (SSSR count). The van der Waals surface area contributed by atoms with Gasteiger partial charge in [0.15, 0.2) is 6.79 Å². The number of hydrogen-bond donors (Lipinski definition) is 1. The monoisotopic (exact) mass is 438 g/mol. The van der Waals surface area contributed by atoms with Crippen molar-refractivity contribution in [3.63, 3.8) is 0 Å². The first-order valence-corrected chi connectivity index (χ1v) is 11.4. The van der Waals surface area contributed by atoms with Crippen molar-refractivity contribution in [1.29, 1.82) is 0 Å². The van der Waals surface area contributed by atoms with Crippen molar-refractivity contribution >= 4 is 6.09 Å². The Kier molecular flexibility index (Phi) is 6.19. The number of nitrogens with one attached hydrogen (secondary N) is 1. The Labute approximate surface area is 188 Å². The van der Waals surface area contributed by atoms with E-state index in [1.54, 1.807) is 7.11 Å². The van der Waals surface area contributed by atoms with Crippen molar-refractivity contribution in [2.24, 2.45) is 5.92 Å². The van der Waals surface area contributed by atoms with E-state index in [0.29, 0.717) is 12.5 Å². The van der Waals surface area contributed by atoms with Gasteiger partial charge in [-0.1, -0.05) is 30.3 Å². The smallest absolute Gasteiger partial charge is 0.407 e. The molecule has 2 aromatic rings. The van der Waals surface area contributed by atoms with Gasteiger partial charge in [-0.25, -0.2) is 4.79 Å². The Morgan fingerprint density at radius 2 is 2.00 bits per heavy atom. The number of ether oxygens (including phenoxy) is 4. The SMILES string of the molecule is COCOc1ccccc1-c1ccc2c(c1)OCCC2NC(=O)O[C@H]1CN2CCC1CC2. The molecule has 2 aromatic carbocycles. The Morgan fingerprint density at radius 3 is 2.78 bits per heavy atom. The lowest BCUT2D eigenvalue weighted by molar-refractivity contribution is -0.0342. The number of piperidine rings is 3. The fourth-order valence-electron chi connectivity index (χ4n) is 5.02. The van der Waals surface area contributed by atoms with E-state index in [9.17, 15) is 4.79 Å². The summed E-state index contributed by atoms with van der Waals surface area (Å²) < 4.78 is 22.5. The molecule has 2 atom stereocenters. The van der Waals surface area contributed by atoms with E-state index < -0.39 is 0 Å². The summed E-state index contributed by atoms with van der Waals surface area (Å²) in [5.41, 5.74) is 2.93. The minimum atomic E-state index is -0.330. The van der Waals surface area contributed by atoms with E-state index >= 15 is 0 Å². The predicted molar refractivity (Wildman–Crippen MR) is 120 cm³/mol. The number of methoxy groups -OCH3 is 1. The topological polar surface area (TPSA) is 69.3 Å². The standard InChI is InChI=1S/C25H30N2O5/c1-29-16-31-22-5-3-2-4-19(22)18-6-7-20-21(10-13-30-23(20)14-18)26-25(28)32-24-15-27-11-8-17(24)9-12-27/h2-7,14,17,21,24H,8-13,15-16H2,1H3,(H,26,28)/t21?,24-/m0/s1. The highest BCUT2D eigenvalue weighted by atomic mass is 16.7. The van der Waals surface area contributed by atoms with Crippen LogP contribution in [0.2, 0.25) is 0 Å². The molecule has 4 heterocycles. The molecule has 3 saturated heterocycles. The van der Waals surface area contributed by atoms with Crippen LogP contribution in [0.3, 0.4) is 0 Å². The van der Waals surface area contributed by atoms with E-state index in [1.165, 1.54) is 0 Å². The minimum Gasteiger partial charge on any atom is -0.493 e. The van der Waals surface area contributed by atoms with Gasteiger partial charge in [0.25, 0.3) is 0 Å². The first-order chi connectivity index (χ1) is 15.7. The van der Waals surface area contributed by atoms with Gasteiger partial charge < -0.3 is 24.3 Å². The van der Waals surface area contributed by atoms with Crippen LogP contribution in [0.4, 0.5) is 4.79 Å². The van der Waals surface area contributed by atoms with Crippen molar-refractivity contribution in [1.82, 2.24) is 10.2 Å². The molecule has 1 amide bonds. The lowest BCUT2D eigenvalue weighted by atomic mass is 9.86. The van der Waals surface area contributed by atoms with E-state index in [0.717, 1.165) is 67.1 Å². The van der Waals surface area contributed by atoms with Crippen LogP contribution < -0.4 is 14.8 Å². The fraction of sp³-hybridized carbons (Fsp3) is 0.480. The number of fused-ring (bicyclic) bond motifs is 4. The van der Waals surface area contributed by atoms with Gasteiger partial charge in [-0.05, 0) is 49.5 Å². The quantitative estimate of drug-likeness (QED) is 0.688.